The van der Waals surface area contributed by atoms with Crippen molar-refractivity contribution in [2.75, 3.05) is 19.7 Å². The summed E-state index contributed by atoms with van der Waals surface area (Å²) in [7, 11) is 0. The summed E-state index contributed by atoms with van der Waals surface area (Å²) in [5, 5.41) is 2.39. The molecular formula is C19H18ClNO4S. The molecule has 3 rings (SSSR count). The molecule has 1 aliphatic rings. The Morgan fingerprint density at radius 3 is 2.42 bits per heavy atom. The van der Waals surface area contributed by atoms with E-state index in [-0.39, 0.29) is 30.2 Å². The van der Waals surface area contributed by atoms with Crippen molar-refractivity contribution in [2.45, 2.75) is 12.8 Å². The Hall–Kier alpha value is -2.18. The fraction of sp³-hybridized carbons (Fsp3) is 0.316. The van der Waals surface area contributed by atoms with Crippen LogP contribution in [0.3, 0.4) is 0 Å². The smallest absolute Gasteiger partial charge is 0.309 e. The van der Waals surface area contributed by atoms with Crippen molar-refractivity contribution in [1.29, 1.82) is 0 Å². The lowest BCUT2D eigenvalue weighted by atomic mass is 9.96. The zero-order valence-electron chi connectivity index (χ0n) is 14.0. The van der Waals surface area contributed by atoms with Gasteiger partial charge >= 0.3 is 5.97 Å². The van der Waals surface area contributed by atoms with Crippen LogP contribution in [0.4, 0.5) is 0 Å². The van der Waals surface area contributed by atoms with Crippen molar-refractivity contribution in [3.8, 4) is 0 Å². The molecule has 136 valence electrons. The quantitative estimate of drug-likeness (QED) is 0.576. The number of esters is 1. The Kier molecular flexibility index (Phi) is 6.06. The van der Waals surface area contributed by atoms with Crippen LogP contribution in [0, 0.1) is 5.92 Å². The van der Waals surface area contributed by atoms with Gasteiger partial charge in [0, 0.05) is 23.7 Å². The highest BCUT2D eigenvalue weighted by Gasteiger charge is 2.29. The van der Waals surface area contributed by atoms with Gasteiger partial charge in [-0.1, -0.05) is 17.7 Å². The molecule has 1 amide bonds. The standard InChI is InChI=1S/C19H18ClNO4S/c20-15-5-3-13(4-6-15)18(23)21-9-7-14(8-10-21)19(24)25-12-16(22)17-2-1-11-26-17/h1-6,11,14H,7-10,12H2. The predicted molar refractivity (Wildman–Crippen MR) is 99.7 cm³/mol. The van der Waals surface area contributed by atoms with Gasteiger partial charge in [0.2, 0.25) is 5.78 Å². The Morgan fingerprint density at radius 2 is 1.81 bits per heavy atom. The Balaban J connectivity index is 1.47. The number of amides is 1. The maximum Gasteiger partial charge on any atom is 0.309 e. The van der Waals surface area contributed by atoms with Gasteiger partial charge in [0.05, 0.1) is 10.8 Å². The molecule has 7 heteroatoms. The Labute approximate surface area is 160 Å². The van der Waals surface area contributed by atoms with E-state index >= 15 is 0 Å². The second kappa shape index (κ2) is 8.47. The molecule has 2 aromatic rings. The SMILES string of the molecule is O=C(COC(=O)C1CCN(C(=O)c2ccc(Cl)cc2)CC1)c1cccs1. The van der Waals surface area contributed by atoms with Crippen molar-refractivity contribution in [2.24, 2.45) is 5.92 Å². The molecule has 26 heavy (non-hydrogen) atoms. The summed E-state index contributed by atoms with van der Waals surface area (Å²) in [5.74, 6) is -0.904. The number of benzene rings is 1. The number of ether oxygens (including phenoxy) is 1. The number of halogens is 1. The van der Waals surface area contributed by atoms with E-state index in [0.29, 0.717) is 41.4 Å². The molecule has 0 bridgehead atoms. The predicted octanol–water partition coefficient (Wildman–Crippen LogP) is 3.68. The second-order valence-electron chi connectivity index (χ2n) is 6.08. The van der Waals surface area contributed by atoms with Gasteiger partial charge in [0.1, 0.15) is 0 Å². The van der Waals surface area contributed by atoms with Gasteiger partial charge in [-0.3, -0.25) is 14.4 Å². The van der Waals surface area contributed by atoms with Crippen molar-refractivity contribution < 1.29 is 19.1 Å². The van der Waals surface area contributed by atoms with Crippen LogP contribution < -0.4 is 0 Å². The first-order valence-corrected chi connectivity index (χ1v) is 9.58. The van der Waals surface area contributed by atoms with Gasteiger partial charge in [-0.25, -0.2) is 0 Å². The van der Waals surface area contributed by atoms with Crippen molar-refractivity contribution in [3.05, 3.63) is 57.2 Å². The van der Waals surface area contributed by atoms with Gasteiger partial charge in [0.25, 0.3) is 5.91 Å². The summed E-state index contributed by atoms with van der Waals surface area (Å²) in [5.41, 5.74) is 0.581. The van der Waals surface area contributed by atoms with Crippen LogP contribution >= 0.6 is 22.9 Å². The van der Waals surface area contributed by atoms with Gasteiger partial charge in [-0.2, -0.15) is 0 Å². The van der Waals surface area contributed by atoms with Gasteiger partial charge in [0.15, 0.2) is 6.61 Å². The van der Waals surface area contributed by atoms with Crippen molar-refractivity contribution >= 4 is 40.6 Å². The first-order valence-electron chi connectivity index (χ1n) is 8.33. The average molecular weight is 392 g/mol. The molecule has 1 aromatic heterocycles. The van der Waals surface area contributed by atoms with Gasteiger partial charge < -0.3 is 9.64 Å². The highest BCUT2D eigenvalue weighted by atomic mass is 35.5. The fourth-order valence-electron chi connectivity index (χ4n) is 2.86. The first-order chi connectivity index (χ1) is 12.5. The third kappa shape index (κ3) is 4.51. The number of piperidine rings is 1. The molecule has 0 N–H and O–H groups in total. The number of carbonyl (C=O) groups excluding carboxylic acids is 3. The van der Waals surface area contributed by atoms with Gasteiger partial charge in [-0.15, -0.1) is 11.3 Å². The lowest BCUT2D eigenvalue weighted by Gasteiger charge is -2.31. The van der Waals surface area contributed by atoms with E-state index < -0.39 is 0 Å². The van der Waals surface area contributed by atoms with E-state index in [9.17, 15) is 14.4 Å². The summed E-state index contributed by atoms with van der Waals surface area (Å²) < 4.78 is 5.16. The first kappa shape index (κ1) is 18.6. The monoisotopic (exact) mass is 391 g/mol. The number of carbonyl (C=O) groups is 3. The number of hydrogen-bond donors (Lipinski definition) is 0. The van der Waals surface area contributed by atoms with Crippen LogP contribution in [0.15, 0.2) is 41.8 Å². The van der Waals surface area contributed by atoms with Crippen LogP contribution in [-0.2, 0) is 9.53 Å². The third-order valence-electron chi connectivity index (χ3n) is 4.35. The fourth-order valence-corrected chi connectivity index (χ4v) is 3.63. The minimum Gasteiger partial charge on any atom is -0.457 e. The summed E-state index contributed by atoms with van der Waals surface area (Å²) in [6.07, 6.45) is 1.07. The van der Waals surface area contributed by atoms with E-state index in [0.717, 1.165) is 0 Å². The Morgan fingerprint density at radius 1 is 1.12 bits per heavy atom. The summed E-state index contributed by atoms with van der Waals surface area (Å²) in [6, 6.07) is 10.3. The third-order valence-corrected chi connectivity index (χ3v) is 5.51. The topological polar surface area (TPSA) is 63.7 Å². The second-order valence-corrected chi connectivity index (χ2v) is 7.47. The highest BCUT2D eigenvalue weighted by Crippen LogP contribution is 2.21. The van der Waals surface area contributed by atoms with Crippen LogP contribution in [0.5, 0.6) is 0 Å². The van der Waals surface area contributed by atoms with Gasteiger partial charge in [-0.05, 0) is 48.6 Å². The zero-order chi connectivity index (χ0) is 18.5. The molecule has 1 aromatic carbocycles. The number of thiophene rings is 1. The van der Waals surface area contributed by atoms with Crippen LogP contribution in [0.2, 0.25) is 5.02 Å². The molecule has 1 fully saturated rings. The van der Waals surface area contributed by atoms with E-state index in [1.807, 2.05) is 5.38 Å². The highest BCUT2D eigenvalue weighted by molar-refractivity contribution is 7.12. The summed E-state index contributed by atoms with van der Waals surface area (Å²) >= 11 is 7.17. The number of rotatable bonds is 5. The molecule has 0 spiro atoms. The Bertz CT molecular complexity index is 780. The van der Waals surface area contributed by atoms with Crippen LogP contribution in [0.1, 0.15) is 32.9 Å². The number of hydrogen-bond acceptors (Lipinski definition) is 5. The molecule has 0 atom stereocenters. The molecule has 0 radical (unpaired) electrons. The minimum absolute atomic E-state index is 0.0682. The normalized spacial score (nSPS) is 14.9. The van der Waals surface area contributed by atoms with E-state index in [1.165, 1.54) is 11.3 Å². The molecule has 5 nitrogen and oxygen atoms in total. The van der Waals surface area contributed by atoms with Crippen LogP contribution in [0.25, 0.3) is 0 Å². The number of Topliss-reactive ketones (excluding diaryl/α,β-unsaturated/α-hetero) is 1. The number of nitrogens with zero attached hydrogens (tertiary/aromatic N) is 1. The molecule has 1 aliphatic heterocycles. The molecule has 2 heterocycles. The van der Waals surface area contributed by atoms with E-state index in [1.54, 1.807) is 41.3 Å². The molecule has 0 unspecified atom stereocenters. The summed E-state index contributed by atoms with van der Waals surface area (Å²) in [6.45, 7) is 0.740. The molecular weight excluding hydrogens is 374 g/mol. The lowest BCUT2D eigenvalue weighted by molar-refractivity contribution is -0.148. The van der Waals surface area contributed by atoms with Crippen LogP contribution in [-0.4, -0.2) is 42.3 Å². The maximum atomic E-state index is 12.5. The molecule has 0 saturated carbocycles. The zero-order valence-corrected chi connectivity index (χ0v) is 15.6. The maximum absolute atomic E-state index is 12.5. The van der Waals surface area contributed by atoms with E-state index in [4.69, 9.17) is 16.3 Å². The van der Waals surface area contributed by atoms with Crippen molar-refractivity contribution in [3.63, 3.8) is 0 Å². The van der Waals surface area contributed by atoms with Crippen molar-refractivity contribution in [1.82, 2.24) is 4.90 Å². The average Bonchev–Trinajstić information content (AvgIpc) is 3.21. The molecule has 1 saturated heterocycles. The summed E-state index contributed by atoms with van der Waals surface area (Å²) in [4.78, 5) is 38.8. The number of ketones is 1. The minimum atomic E-state index is -0.367. The lowest BCUT2D eigenvalue weighted by Crippen LogP contribution is -2.40. The molecule has 0 aliphatic carbocycles. The largest absolute Gasteiger partial charge is 0.457 e. The van der Waals surface area contributed by atoms with E-state index in [2.05, 4.69) is 0 Å². The number of likely N-dealkylation sites (tertiary alicyclic amines) is 1.